The number of benzene rings is 1. The normalized spacial score (nSPS) is 12.2. The summed E-state index contributed by atoms with van der Waals surface area (Å²) in [6.45, 7) is 7.65. The van der Waals surface area contributed by atoms with Crippen LogP contribution in [0.5, 0.6) is 0 Å². The quantitative estimate of drug-likeness (QED) is 0.704. The van der Waals surface area contributed by atoms with Gasteiger partial charge in [0.2, 0.25) is 0 Å². The van der Waals surface area contributed by atoms with Crippen molar-refractivity contribution in [2.75, 3.05) is 33.9 Å². The third-order valence-corrected chi connectivity index (χ3v) is 3.20. The molecule has 0 aliphatic heterocycles. The van der Waals surface area contributed by atoms with Crippen LogP contribution in [0.3, 0.4) is 0 Å². The van der Waals surface area contributed by atoms with Crippen molar-refractivity contribution >= 4 is 6.08 Å². The number of hydrogen-bond donors (Lipinski definition) is 1. The molecule has 20 heavy (non-hydrogen) atoms. The average molecular weight is 277 g/mol. The van der Waals surface area contributed by atoms with Crippen LogP contribution >= 0.6 is 0 Å². The maximum absolute atomic E-state index is 5.13. The predicted molar refractivity (Wildman–Crippen MR) is 84.7 cm³/mol. The lowest BCUT2D eigenvalue weighted by atomic mass is 10.00. The van der Waals surface area contributed by atoms with E-state index in [1.54, 1.807) is 14.2 Å². The minimum absolute atomic E-state index is 0.531. The van der Waals surface area contributed by atoms with Crippen LogP contribution < -0.4 is 5.32 Å². The van der Waals surface area contributed by atoms with Crippen LogP contribution in [0.4, 0.5) is 0 Å². The highest BCUT2D eigenvalue weighted by molar-refractivity contribution is 5.54. The molecule has 0 heterocycles. The van der Waals surface area contributed by atoms with E-state index in [2.05, 4.69) is 49.5 Å². The Morgan fingerprint density at radius 2 is 1.85 bits per heavy atom. The molecule has 1 N–H and O–H groups in total. The first-order valence-corrected chi connectivity index (χ1v) is 7.15. The van der Waals surface area contributed by atoms with E-state index in [1.165, 1.54) is 16.7 Å². The van der Waals surface area contributed by atoms with Crippen LogP contribution in [-0.4, -0.2) is 33.9 Å². The van der Waals surface area contributed by atoms with Gasteiger partial charge in [0.05, 0.1) is 13.2 Å². The topological polar surface area (TPSA) is 30.5 Å². The lowest BCUT2D eigenvalue weighted by Crippen LogP contribution is -2.23. The maximum Gasteiger partial charge on any atom is 0.0713 e. The van der Waals surface area contributed by atoms with Crippen molar-refractivity contribution < 1.29 is 9.47 Å². The highest BCUT2D eigenvalue weighted by atomic mass is 16.5. The van der Waals surface area contributed by atoms with Gasteiger partial charge in [-0.3, -0.25) is 0 Å². The van der Waals surface area contributed by atoms with Crippen LogP contribution in [0.15, 0.2) is 29.8 Å². The van der Waals surface area contributed by atoms with Crippen molar-refractivity contribution in [3.63, 3.8) is 0 Å². The number of hydrogen-bond acceptors (Lipinski definition) is 3. The van der Waals surface area contributed by atoms with Gasteiger partial charge in [-0.25, -0.2) is 0 Å². The van der Waals surface area contributed by atoms with E-state index in [9.17, 15) is 0 Å². The number of nitrogens with one attached hydrogen (secondary N) is 1. The van der Waals surface area contributed by atoms with Crippen molar-refractivity contribution in [3.05, 3.63) is 41.0 Å². The zero-order valence-electron chi connectivity index (χ0n) is 13.1. The molecule has 3 heteroatoms. The van der Waals surface area contributed by atoms with Crippen LogP contribution in [0, 0.1) is 5.92 Å². The fourth-order valence-corrected chi connectivity index (χ4v) is 1.92. The molecule has 1 aromatic rings. The molecule has 0 saturated heterocycles. The first kappa shape index (κ1) is 16.9. The molecule has 1 rings (SSSR count). The van der Waals surface area contributed by atoms with E-state index in [-0.39, 0.29) is 0 Å². The highest BCUT2D eigenvalue weighted by Gasteiger charge is 2.03. The minimum Gasteiger partial charge on any atom is -0.383 e. The molecule has 0 fully saturated rings. The van der Waals surface area contributed by atoms with Gasteiger partial charge in [0.15, 0.2) is 0 Å². The Kier molecular flexibility index (Phi) is 8.19. The van der Waals surface area contributed by atoms with Gasteiger partial charge in [-0.05, 0) is 17.0 Å². The van der Waals surface area contributed by atoms with Gasteiger partial charge in [0.25, 0.3) is 0 Å². The molecule has 0 bridgehead atoms. The number of methoxy groups -OCH3 is 2. The van der Waals surface area contributed by atoms with E-state index in [1.807, 2.05) is 0 Å². The van der Waals surface area contributed by atoms with E-state index in [0.29, 0.717) is 12.5 Å². The van der Waals surface area contributed by atoms with E-state index in [0.717, 1.165) is 19.7 Å². The van der Waals surface area contributed by atoms with Gasteiger partial charge in [0.1, 0.15) is 0 Å². The van der Waals surface area contributed by atoms with Crippen LogP contribution in [0.1, 0.15) is 25.0 Å². The Bertz CT molecular complexity index is 396. The molecule has 3 nitrogen and oxygen atoms in total. The Labute approximate surface area is 123 Å². The summed E-state index contributed by atoms with van der Waals surface area (Å²) in [5, 5.41) is 3.41. The maximum atomic E-state index is 5.13. The molecule has 0 saturated carbocycles. The molecule has 0 amide bonds. The SMILES string of the molecule is COCCNCC(=Cc1ccc(COC)cc1)C(C)C. The van der Waals surface area contributed by atoms with E-state index >= 15 is 0 Å². The molecule has 0 aliphatic rings. The lowest BCUT2D eigenvalue weighted by Gasteiger charge is -2.13. The van der Waals surface area contributed by atoms with Crippen molar-refractivity contribution in [3.8, 4) is 0 Å². The first-order chi connectivity index (χ1) is 9.67. The van der Waals surface area contributed by atoms with Crippen LogP contribution in [0.2, 0.25) is 0 Å². The van der Waals surface area contributed by atoms with Crippen LogP contribution in [-0.2, 0) is 16.1 Å². The fourth-order valence-electron chi connectivity index (χ4n) is 1.92. The zero-order valence-corrected chi connectivity index (χ0v) is 13.1. The molecule has 0 spiro atoms. The summed E-state index contributed by atoms with van der Waals surface area (Å²) in [7, 11) is 3.44. The standard InChI is InChI=1S/C17H27NO2/c1-14(2)17(12-18-9-10-19-3)11-15-5-7-16(8-6-15)13-20-4/h5-8,11,14,18H,9-10,12-13H2,1-4H3. The smallest absolute Gasteiger partial charge is 0.0713 e. The Balaban J connectivity index is 2.64. The van der Waals surface area contributed by atoms with E-state index < -0.39 is 0 Å². The molecule has 0 aromatic heterocycles. The highest BCUT2D eigenvalue weighted by Crippen LogP contribution is 2.15. The van der Waals surface area contributed by atoms with Crippen molar-refractivity contribution in [2.24, 2.45) is 5.92 Å². The summed E-state index contributed by atoms with van der Waals surface area (Å²) in [4.78, 5) is 0. The zero-order chi connectivity index (χ0) is 14.8. The third-order valence-electron chi connectivity index (χ3n) is 3.20. The van der Waals surface area contributed by atoms with Crippen LogP contribution in [0.25, 0.3) is 6.08 Å². The molecule has 0 aliphatic carbocycles. The Hall–Kier alpha value is -1.16. The van der Waals surface area contributed by atoms with Crippen molar-refractivity contribution in [1.82, 2.24) is 5.32 Å². The fraction of sp³-hybridized carbons (Fsp3) is 0.529. The Morgan fingerprint density at radius 1 is 1.15 bits per heavy atom. The second-order valence-corrected chi connectivity index (χ2v) is 5.22. The van der Waals surface area contributed by atoms with E-state index in [4.69, 9.17) is 9.47 Å². The third kappa shape index (κ3) is 6.33. The summed E-state index contributed by atoms with van der Waals surface area (Å²) >= 11 is 0. The molecule has 0 unspecified atom stereocenters. The monoisotopic (exact) mass is 277 g/mol. The number of ether oxygens (including phenoxy) is 2. The lowest BCUT2D eigenvalue weighted by molar-refractivity contribution is 0.185. The van der Waals surface area contributed by atoms with Gasteiger partial charge in [0, 0.05) is 27.3 Å². The van der Waals surface area contributed by atoms with Gasteiger partial charge >= 0.3 is 0 Å². The molecule has 1 aromatic carbocycles. The predicted octanol–water partition coefficient (Wildman–Crippen LogP) is 3.11. The summed E-state index contributed by atoms with van der Waals surface area (Å²) < 4.78 is 10.2. The van der Waals surface area contributed by atoms with Gasteiger partial charge < -0.3 is 14.8 Å². The second kappa shape index (κ2) is 9.70. The van der Waals surface area contributed by atoms with Crippen molar-refractivity contribution in [2.45, 2.75) is 20.5 Å². The van der Waals surface area contributed by atoms with Crippen molar-refractivity contribution in [1.29, 1.82) is 0 Å². The van der Waals surface area contributed by atoms with Gasteiger partial charge in [-0.2, -0.15) is 0 Å². The summed E-state index contributed by atoms with van der Waals surface area (Å²) in [6.07, 6.45) is 2.26. The largest absolute Gasteiger partial charge is 0.383 e. The average Bonchev–Trinajstić information content (AvgIpc) is 2.44. The molecule has 0 atom stereocenters. The minimum atomic E-state index is 0.531. The molecule has 0 radical (unpaired) electrons. The Morgan fingerprint density at radius 3 is 2.40 bits per heavy atom. The second-order valence-electron chi connectivity index (χ2n) is 5.22. The van der Waals surface area contributed by atoms with Gasteiger partial charge in [-0.1, -0.05) is 49.8 Å². The van der Waals surface area contributed by atoms with Gasteiger partial charge in [-0.15, -0.1) is 0 Å². The summed E-state index contributed by atoms with van der Waals surface area (Å²) in [5.74, 6) is 0.531. The first-order valence-electron chi connectivity index (χ1n) is 7.15. The summed E-state index contributed by atoms with van der Waals surface area (Å²) in [6, 6.07) is 8.52. The molecule has 112 valence electrons. The summed E-state index contributed by atoms with van der Waals surface area (Å²) in [5.41, 5.74) is 3.84. The number of rotatable bonds is 9. The molecular weight excluding hydrogens is 250 g/mol. The molecular formula is C17H27NO2.